The molecule has 0 spiro atoms. The Kier molecular flexibility index (Phi) is 5.81. The second-order valence-electron chi connectivity index (χ2n) is 5.56. The first kappa shape index (κ1) is 17.2. The molecule has 2 aliphatic heterocycles. The predicted octanol–water partition coefficient (Wildman–Crippen LogP) is 2.58. The van der Waals surface area contributed by atoms with Crippen molar-refractivity contribution < 1.29 is 9.18 Å². The zero-order valence-electron chi connectivity index (χ0n) is 13.5. The lowest BCUT2D eigenvalue weighted by molar-refractivity contribution is 0.0776. The first-order valence-corrected chi connectivity index (χ1v) is 8.31. The van der Waals surface area contributed by atoms with Gasteiger partial charge in [-0.3, -0.25) is 9.48 Å². The molecule has 0 aliphatic carbocycles. The van der Waals surface area contributed by atoms with Crippen LogP contribution in [0.1, 0.15) is 42.9 Å². The summed E-state index contributed by atoms with van der Waals surface area (Å²) in [6, 6.07) is 0. The van der Waals surface area contributed by atoms with Crippen molar-refractivity contribution in [3.63, 3.8) is 0 Å². The average Bonchev–Trinajstić information content (AvgIpc) is 3.01. The third-order valence-electron chi connectivity index (χ3n) is 3.94. The molecule has 0 N–H and O–H groups in total. The molecule has 5 nitrogen and oxygen atoms in total. The van der Waals surface area contributed by atoms with Crippen molar-refractivity contribution in [2.75, 3.05) is 26.7 Å². The van der Waals surface area contributed by atoms with E-state index in [1.54, 1.807) is 0 Å². The Morgan fingerprint density at radius 1 is 1.32 bits per heavy atom. The number of halogens is 2. The van der Waals surface area contributed by atoms with Crippen molar-refractivity contribution >= 4 is 17.5 Å². The van der Waals surface area contributed by atoms with E-state index in [4.69, 9.17) is 11.6 Å². The largest absolute Gasteiger partial charge is 0.334 e. The number of nitrogens with zero attached hydrogens (tertiary/aromatic N) is 4. The lowest BCUT2D eigenvalue weighted by Crippen LogP contribution is -2.29. The van der Waals surface area contributed by atoms with Crippen molar-refractivity contribution in [2.45, 2.75) is 46.0 Å². The molecule has 0 bridgehead atoms. The van der Waals surface area contributed by atoms with Crippen molar-refractivity contribution in [2.24, 2.45) is 0 Å². The van der Waals surface area contributed by atoms with Gasteiger partial charge < -0.3 is 9.80 Å². The molecule has 0 radical (unpaired) electrons. The van der Waals surface area contributed by atoms with Crippen molar-refractivity contribution in [3.05, 3.63) is 16.4 Å². The highest BCUT2D eigenvalue weighted by Gasteiger charge is 2.31. The van der Waals surface area contributed by atoms with E-state index >= 15 is 0 Å². The van der Waals surface area contributed by atoms with Crippen LogP contribution in [0.5, 0.6) is 0 Å². The Morgan fingerprint density at radius 3 is 2.68 bits per heavy atom. The first-order chi connectivity index (χ1) is 10.6. The first-order valence-electron chi connectivity index (χ1n) is 7.93. The van der Waals surface area contributed by atoms with Crippen LogP contribution in [0.25, 0.3) is 0 Å². The number of aromatic nitrogens is 2. The Labute approximate surface area is 136 Å². The lowest BCUT2D eigenvalue weighted by Gasteiger charge is -2.14. The van der Waals surface area contributed by atoms with Gasteiger partial charge in [0.15, 0.2) is 5.69 Å². The smallest absolute Gasteiger partial charge is 0.276 e. The SMILES string of the molecule is CC.CN1CCCn2nc(C(=O)N3CCC(F)C3)c(Cl)c2C1. The van der Waals surface area contributed by atoms with Crippen LogP contribution in [-0.4, -0.2) is 58.3 Å². The fourth-order valence-electron chi connectivity index (χ4n) is 2.82. The number of amides is 1. The Hall–Kier alpha value is -1.14. The van der Waals surface area contributed by atoms with Crippen LogP contribution in [0.15, 0.2) is 0 Å². The zero-order valence-corrected chi connectivity index (χ0v) is 14.2. The van der Waals surface area contributed by atoms with E-state index in [1.807, 2.05) is 25.6 Å². The monoisotopic (exact) mass is 330 g/mol. The van der Waals surface area contributed by atoms with Crippen LogP contribution >= 0.6 is 11.6 Å². The van der Waals surface area contributed by atoms with Gasteiger partial charge in [-0.15, -0.1) is 0 Å². The van der Waals surface area contributed by atoms with E-state index in [-0.39, 0.29) is 18.1 Å². The summed E-state index contributed by atoms with van der Waals surface area (Å²) in [5.41, 5.74) is 1.15. The summed E-state index contributed by atoms with van der Waals surface area (Å²) in [5.74, 6) is -0.252. The molecule has 1 amide bonds. The average molecular weight is 331 g/mol. The Bertz CT molecular complexity index is 534. The molecular formula is C15H24ClFN4O. The van der Waals surface area contributed by atoms with Gasteiger partial charge in [-0.05, 0) is 19.9 Å². The van der Waals surface area contributed by atoms with Gasteiger partial charge in [0.25, 0.3) is 5.91 Å². The van der Waals surface area contributed by atoms with Crippen LogP contribution in [0.3, 0.4) is 0 Å². The molecule has 3 rings (SSSR count). The molecule has 1 atom stereocenters. The van der Waals surface area contributed by atoms with Crippen molar-refractivity contribution in [1.29, 1.82) is 0 Å². The van der Waals surface area contributed by atoms with Gasteiger partial charge >= 0.3 is 0 Å². The third-order valence-corrected chi connectivity index (χ3v) is 4.34. The number of rotatable bonds is 1. The van der Waals surface area contributed by atoms with Crippen molar-refractivity contribution in [3.8, 4) is 0 Å². The molecule has 1 saturated heterocycles. The molecular weight excluding hydrogens is 307 g/mol. The summed E-state index contributed by atoms with van der Waals surface area (Å²) in [5, 5.41) is 4.78. The van der Waals surface area contributed by atoms with Crippen LogP contribution in [0, 0.1) is 0 Å². The Balaban J connectivity index is 0.000000847. The quantitative estimate of drug-likeness (QED) is 0.794. The number of fused-ring (bicyclic) bond motifs is 1. The number of likely N-dealkylation sites (tertiary alicyclic amines) is 1. The molecule has 3 heterocycles. The zero-order chi connectivity index (χ0) is 16.3. The molecule has 0 aromatic carbocycles. The van der Waals surface area contributed by atoms with Gasteiger partial charge in [0.1, 0.15) is 6.17 Å². The molecule has 1 unspecified atom stereocenters. The molecule has 7 heteroatoms. The highest BCUT2D eigenvalue weighted by molar-refractivity contribution is 6.34. The molecule has 1 fully saturated rings. The van der Waals surface area contributed by atoms with E-state index in [2.05, 4.69) is 10.00 Å². The summed E-state index contributed by atoms with van der Waals surface area (Å²) in [6.07, 6.45) is 0.453. The van der Waals surface area contributed by atoms with Crippen LogP contribution in [0.4, 0.5) is 4.39 Å². The summed E-state index contributed by atoms with van der Waals surface area (Å²) in [6.45, 7) is 7.03. The van der Waals surface area contributed by atoms with Crippen LogP contribution in [0.2, 0.25) is 5.02 Å². The topological polar surface area (TPSA) is 41.4 Å². The maximum atomic E-state index is 13.2. The molecule has 0 saturated carbocycles. The number of aryl methyl sites for hydroxylation is 1. The second kappa shape index (κ2) is 7.42. The van der Waals surface area contributed by atoms with Gasteiger partial charge in [0, 0.05) is 26.2 Å². The minimum Gasteiger partial charge on any atom is -0.334 e. The van der Waals surface area contributed by atoms with Gasteiger partial charge in [0.2, 0.25) is 0 Å². The molecule has 2 aliphatic rings. The molecule has 1 aromatic rings. The third kappa shape index (κ3) is 3.43. The standard InChI is InChI=1S/C13H18ClFN4O.C2H6/c1-17-4-2-5-19-10(8-17)11(14)12(16-19)13(20)18-6-3-9(15)7-18;1-2/h9H,2-8H2,1H3;1-2H3. The summed E-state index contributed by atoms with van der Waals surface area (Å²) >= 11 is 6.34. The molecule has 1 aromatic heterocycles. The van der Waals surface area contributed by atoms with Crippen LogP contribution in [-0.2, 0) is 13.1 Å². The lowest BCUT2D eigenvalue weighted by atomic mass is 10.3. The predicted molar refractivity (Wildman–Crippen MR) is 85.0 cm³/mol. The maximum absolute atomic E-state index is 13.2. The minimum absolute atomic E-state index is 0.150. The van der Waals surface area contributed by atoms with Crippen LogP contribution < -0.4 is 0 Å². The van der Waals surface area contributed by atoms with E-state index in [1.165, 1.54) is 4.90 Å². The van der Waals surface area contributed by atoms with Gasteiger partial charge in [-0.1, -0.05) is 25.4 Å². The van der Waals surface area contributed by atoms with E-state index in [0.717, 1.165) is 25.2 Å². The van der Waals surface area contributed by atoms with E-state index in [9.17, 15) is 9.18 Å². The number of hydrogen-bond acceptors (Lipinski definition) is 3. The highest BCUT2D eigenvalue weighted by atomic mass is 35.5. The fourth-order valence-corrected chi connectivity index (χ4v) is 3.10. The number of carbonyl (C=O) groups is 1. The van der Waals surface area contributed by atoms with E-state index < -0.39 is 6.17 Å². The normalized spacial score (nSPS) is 21.9. The Morgan fingerprint density at radius 2 is 2.05 bits per heavy atom. The number of carbonyl (C=O) groups excluding carboxylic acids is 1. The number of hydrogen-bond donors (Lipinski definition) is 0. The summed E-state index contributed by atoms with van der Waals surface area (Å²) in [7, 11) is 2.02. The van der Waals surface area contributed by atoms with Gasteiger partial charge in [0.05, 0.1) is 17.3 Å². The van der Waals surface area contributed by atoms with Gasteiger partial charge in [-0.25, -0.2) is 4.39 Å². The minimum atomic E-state index is -0.927. The highest BCUT2D eigenvalue weighted by Crippen LogP contribution is 2.26. The van der Waals surface area contributed by atoms with Crippen molar-refractivity contribution in [1.82, 2.24) is 19.6 Å². The molecule has 22 heavy (non-hydrogen) atoms. The fraction of sp³-hybridized carbons (Fsp3) is 0.733. The van der Waals surface area contributed by atoms with E-state index in [0.29, 0.717) is 24.5 Å². The second-order valence-corrected chi connectivity index (χ2v) is 5.94. The summed E-state index contributed by atoms with van der Waals surface area (Å²) < 4.78 is 15.0. The maximum Gasteiger partial charge on any atom is 0.276 e. The summed E-state index contributed by atoms with van der Waals surface area (Å²) in [4.78, 5) is 16.0. The van der Waals surface area contributed by atoms with Gasteiger partial charge in [-0.2, -0.15) is 5.10 Å². The molecule has 124 valence electrons. The number of alkyl halides is 1.